The number of carbonyl (C=O) groups is 2. The lowest BCUT2D eigenvalue weighted by atomic mass is 9.97. The highest BCUT2D eigenvalue weighted by Gasteiger charge is 2.28. The molecule has 28 heavy (non-hydrogen) atoms. The molecule has 3 heterocycles. The number of piperidine rings is 1. The minimum absolute atomic E-state index is 0.117. The van der Waals surface area contributed by atoms with E-state index in [-0.39, 0.29) is 29.9 Å². The predicted octanol–water partition coefficient (Wildman–Crippen LogP) is 1.68. The molecule has 0 unspecified atom stereocenters. The highest BCUT2D eigenvalue weighted by Crippen LogP contribution is 2.22. The number of nitrogens with zero attached hydrogens (tertiary/aromatic N) is 3. The van der Waals surface area contributed by atoms with Crippen LogP contribution in [0, 0.1) is 5.92 Å². The number of hydrogen-bond donors (Lipinski definition) is 1. The molecule has 8 heteroatoms. The van der Waals surface area contributed by atoms with Crippen molar-refractivity contribution in [2.75, 3.05) is 19.7 Å². The summed E-state index contributed by atoms with van der Waals surface area (Å²) >= 11 is 0. The number of hydrogen-bond acceptors (Lipinski definition) is 5. The molecular weight excluding hydrogens is 360 g/mol. The van der Waals surface area contributed by atoms with Gasteiger partial charge < -0.3 is 14.6 Å². The zero-order valence-corrected chi connectivity index (χ0v) is 15.7. The predicted molar refractivity (Wildman–Crippen MR) is 104 cm³/mol. The molecule has 1 N–H and O–H groups in total. The van der Waals surface area contributed by atoms with Gasteiger partial charge in [-0.25, -0.2) is 4.68 Å². The van der Waals surface area contributed by atoms with Gasteiger partial charge in [0.25, 0.3) is 5.56 Å². The van der Waals surface area contributed by atoms with Crippen LogP contribution in [-0.2, 0) is 20.9 Å². The first-order valence-electron chi connectivity index (χ1n) is 9.49. The van der Waals surface area contributed by atoms with Crippen molar-refractivity contribution in [1.82, 2.24) is 19.7 Å². The molecule has 0 radical (unpaired) electrons. The van der Waals surface area contributed by atoms with Crippen molar-refractivity contribution in [2.45, 2.75) is 26.3 Å². The second-order valence-corrected chi connectivity index (χ2v) is 6.97. The second kappa shape index (κ2) is 7.46. The van der Waals surface area contributed by atoms with Crippen LogP contribution >= 0.6 is 0 Å². The third kappa shape index (κ3) is 3.26. The van der Waals surface area contributed by atoms with E-state index in [0.717, 1.165) is 16.3 Å². The Bertz CT molecular complexity index is 1090. The highest BCUT2D eigenvalue weighted by molar-refractivity contribution is 6.06. The van der Waals surface area contributed by atoms with E-state index in [1.54, 1.807) is 18.0 Å². The van der Waals surface area contributed by atoms with Gasteiger partial charge in [0.2, 0.25) is 5.91 Å². The summed E-state index contributed by atoms with van der Waals surface area (Å²) in [6.45, 7) is 2.99. The van der Waals surface area contributed by atoms with E-state index >= 15 is 0 Å². The SMILES string of the molecule is CCOC(=O)C1CCN(C(=O)Cn2ncc3c([nH]c4ccccc43)c2=O)CC1. The smallest absolute Gasteiger partial charge is 0.309 e. The summed E-state index contributed by atoms with van der Waals surface area (Å²) < 4.78 is 6.24. The maximum atomic E-state index is 12.8. The van der Waals surface area contributed by atoms with Crippen LogP contribution in [0.5, 0.6) is 0 Å². The lowest BCUT2D eigenvalue weighted by Gasteiger charge is -2.30. The largest absolute Gasteiger partial charge is 0.466 e. The molecule has 2 aromatic heterocycles. The fourth-order valence-corrected chi connectivity index (χ4v) is 3.74. The van der Waals surface area contributed by atoms with Crippen LogP contribution in [0.15, 0.2) is 35.3 Å². The van der Waals surface area contributed by atoms with Gasteiger partial charge in [0.05, 0.1) is 18.7 Å². The third-order valence-electron chi connectivity index (χ3n) is 5.27. The van der Waals surface area contributed by atoms with Crippen molar-refractivity contribution in [3.63, 3.8) is 0 Å². The molecule has 0 saturated carbocycles. The second-order valence-electron chi connectivity index (χ2n) is 6.97. The van der Waals surface area contributed by atoms with Gasteiger partial charge in [-0.05, 0) is 25.8 Å². The van der Waals surface area contributed by atoms with E-state index in [2.05, 4.69) is 10.1 Å². The topological polar surface area (TPSA) is 97.3 Å². The molecule has 1 aliphatic heterocycles. The van der Waals surface area contributed by atoms with Crippen molar-refractivity contribution in [1.29, 1.82) is 0 Å². The molecule has 1 amide bonds. The van der Waals surface area contributed by atoms with Crippen LogP contribution in [0.2, 0.25) is 0 Å². The molecule has 0 spiro atoms. The lowest BCUT2D eigenvalue weighted by Crippen LogP contribution is -2.43. The normalized spacial score (nSPS) is 15.2. The number of amides is 1. The fraction of sp³-hybridized carbons (Fsp3) is 0.400. The van der Waals surface area contributed by atoms with Crippen molar-refractivity contribution < 1.29 is 14.3 Å². The van der Waals surface area contributed by atoms with Crippen LogP contribution in [-0.4, -0.2) is 51.2 Å². The van der Waals surface area contributed by atoms with Gasteiger partial charge in [-0.2, -0.15) is 5.10 Å². The number of rotatable bonds is 4. The number of fused-ring (bicyclic) bond motifs is 3. The van der Waals surface area contributed by atoms with Gasteiger partial charge in [0.1, 0.15) is 12.1 Å². The zero-order chi connectivity index (χ0) is 19.7. The highest BCUT2D eigenvalue weighted by atomic mass is 16.5. The quantitative estimate of drug-likeness (QED) is 0.693. The summed E-state index contributed by atoms with van der Waals surface area (Å²) in [7, 11) is 0. The van der Waals surface area contributed by atoms with Crippen molar-refractivity contribution in [2.24, 2.45) is 5.92 Å². The van der Waals surface area contributed by atoms with E-state index < -0.39 is 0 Å². The van der Waals surface area contributed by atoms with Crippen LogP contribution in [0.3, 0.4) is 0 Å². The van der Waals surface area contributed by atoms with Gasteiger partial charge in [0, 0.05) is 29.4 Å². The molecule has 1 aromatic carbocycles. The van der Waals surface area contributed by atoms with Gasteiger partial charge >= 0.3 is 5.97 Å². The van der Waals surface area contributed by atoms with Gasteiger partial charge in [-0.1, -0.05) is 18.2 Å². The number of benzene rings is 1. The Morgan fingerprint density at radius 1 is 1.21 bits per heavy atom. The number of H-pyrrole nitrogens is 1. The number of aromatic amines is 1. The zero-order valence-electron chi connectivity index (χ0n) is 15.7. The van der Waals surface area contributed by atoms with E-state index in [0.29, 0.717) is 38.1 Å². The maximum absolute atomic E-state index is 12.8. The van der Waals surface area contributed by atoms with Crippen LogP contribution < -0.4 is 5.56 Å². The molecule has 3 aromatic rings. The molecular formula is C20H22N4O4. The number of likely N-dealkylation sites (tertiary alicyclic amines) is 1. The summed E-state index contributed by atoms with van der Waals surface area (Å²) in [5, 5.41) is 5.88. The minimum Gasteiger partial charge on any atom is -0.466 e. The minimum atomic E-state index is -0.316. The molecule has 0 bridgehead atoms. The molecule has 1 aliphatic rings. The average Bonchev–Trinajstić information content (AvgIpc) is 3.10. The monoisotopic (exact) mass is 382 g/mol. The van der Waals surface area contributed by atoms with Crippen LogP contribution in [0.1, 0.15) is 19.8 Å². The van der Waals surface area contributed by atoms with E-state index in [1.165, 1.54) is 4.68 Å². The molecule has 8 nitrogen and oxygen atoms in total. The molecule has 1 saturated heterocycles. The first-order valence-corrected chi connectivity index (χ1v) is 9.49. The Balaban J connectivity index is 1.49. The van der Waals surface area contributed by atoms with Gasteiger partial charge in [0.15, 0.2) is 0 Å². The first kappa shape index (κ1) is 18.2. The Labute approximate surface area is 161 Å². The average molecular weight is 382 g/mol. The summed E-state index contributed by atoms with van der Waals surface area (Å²) in [5.41, 5.74) is 0.995. The van der Waals surface area contributed by atoms with Crippen LogP contribution in [0.4, 0.5) is 0 Å². The third-order valence-corrected chi connectivity index (χ3v) is 5.27. The van der Waals surface area contributed by atoms with Crippen molar-refractivity contribution in [3.8, 4) is 0 Å². The summed E-state index contributed by atoms with van der Waals surface area (Å²) in [5.74, 6) is -0.531. The van der Waals surface area contributed by atoms with E-state index in [9.17, 15) is 14.4 Å². The summed E-state index contributed by atoms with van der Waals surface area (Å²) in [4.78, 5) is 42.0. The molecule has 0 atom stereocenters. The van der Waals surface area contributed by atoms with Gasteiger partial charge in [-0.3, -0.25) is 14.4 Å². The van der Waals surface area contributed by atoms with E-state index in [1.807, 2.05) is 24.3 Å². The van der Waals surface area contributed by atoms with Crippen LogP contribution in [0.25, 0.3) is 21.8 Å². The first-order chi connectivity index (χ1) is 13.6. The fourth-order valence-electron chi connectivity index (χ4n) is 3.74. The maximum Gasteiger partial charge on any atom is 0.309 e. The Morgan fingerprint density at radius 3 is 2.71 bits per heavy atom. The van der Waals surface area contributed by atoms with Gasteiger partial charge in [-0.15, -0.1) is 0 Å². The summed E-state index contributed by atoms with van der Waals surface area (Å²) in [6.07, 6.45) is 2.78. The van der Waals surface area contributed by atoms with Crippen molar-refractivity contribution in [3.05, 3.63) is 40.8 Å². The Morgan fingerprint density at radius 2 is 1.96 bits per heavy atom. The number of para-hydroxylation sites is 1. The number of aromatic nitrogens is 3. The lowest BCUT2D eigenvalue weighted by molar-refractivity contribution is -0.151. The molecule has 146 valence electrons. The van der Waals surface area contributed by atoms with Crippen molar-refractivity contribution >= 4 is 33.7 Å². The molecule has 1 fully saturated rings. The molecule has 4 rings (SSSR count). The van der Waals surface area contributed by atoms with E-state index in [4.69, 9.17) is 4.74 Å². The number of esters is 1. The molecule has 0 aliphatic carbocycles. The Hall–Kier alpha value is -3.16. The Kier molecular flexibility index (Phi) is 4.85. The summed E-state index contributed by atoms with van der Waals surface area (Å²) in [6, 6.07) is 7.63. The number of nitrogens with one attached hydrogen (secondary N) is 1. The number of carbonyl (C=O) groups excluding carboxylic acids is 2. The number of ether oxygens (including phenoxy) is 1. The standard InChI is InChI=1S/C20H22N4O4/c1-2-28-20(27)13-7-9-23(10-8-13)17(25)12-24-19(26)18-15(11-21-24)14-5-3-4-6-16(14)22-18/h3-6,11,13,22H,2,7-10,12H2,1H3.